The first-order valence-corrected chi connectivity index (χ1v) is 5.31. The van der Waals surface area contributed by atoms with Gasteiger partial charge in [0.15, 0.2) is 0 Å². The molecule has 1 saturated heterocycles. The molecule has 14 heavy (non-hydrogen) atoms. The Hall–Kier alpha value is -0.830. The number of carboxylic acids is 1. The third-order valence-corrected chi connectivity index (χ3v) is 3.62. The van der Waals surface area contributed by atoms with Crippen molar-refractivity contribution in [2.75, 3.05) is 13.1 Å². The van der Waals surface area contributed by atoms with Gasteiger partial charge in [-0.1, -0.05) is 12.5 Å². The summed E-state index contributed by atoms with van der Waals surface area (Å²) in [6.07, 6.45) is 5.44. The molecule has 2 aliphatic rings. The molecular weight excluding hydrogens is 178 g/mol. The lowest BCUT2D eigenvalue weighted by Crippen LogP contribution is -2.38. The van der Waals surface area contributed by atoms with Gasteiger partial charge in [0.2, 0.25) is 0 Å². The Morgan fingerprint density at radius 2 is 2.00 bits per heavy atom. The molecule has 0 amide bonds. The zero-order chi connectivity index (χ0) is 10.1. The van der Waals surface area contributed by atoms with Crippen LogP contribution in [0.3, 0.4) is 0 Å². The van der Waals surface area contributed by atoms with E-state index < -0.39 is 12.0 Å². The van der Waals surface area contributed by atoms with Gasteiger partial charge in [0.1, 0.15) is 6.04 Å². The van der Waals surface area contributed by atoms with Crippen molar-refractivity contribution in [3.63, 3.8) is 0 Å². The van der Waals surface area contributed by atoms with Crippen LogP contribution in [-0.2, 0) is 4.79 Å². The van der Waals surface area contributed by atoms with E-state index in [-0.39, 0.29) is 0 Å². The Morgan fingerprint density at radius 3 is 2.43 bits per heavy atom. The highest BCUT2D eigenvalue weighted by atomic mass is 16.4. The van der Waals surface area contributed by atoms with Crippen LogP contribution in [-0.4, -0.2) is 35.1 Å². The number of aliphatic carboxylic acids is 1. The summed E-state index contributed by atoms with van der Waals surface area (Å²) in [5, 5.41) is 8.98. The highest BCUT2D eigenvalue weighted by molar-refractivity contribution is 5.75. The number of likely N-dealkylation sites (tertiary alicyclic amines) is 1. The van der Waals surface area contributed by atoms with Crippen LogP contribution in [0.25, 0.3) is 0 Å². The minimum atomic E-state index is -0.764. The Bertz CT molecular complexity index is 240. The van der Waals surface area contributed by atoms with E-state index in [4.69, 9.17) is 5.11 Å². The van der Waals surface area contributed by atoms with Crippen molar-refractivity contribution < 1.29 is 9.90 Å². The number of nitrogens with zero attached hydrogens (tertiary/aromatic N) is 1. The van der Waals surface area contributed by atoms with Gasteiger partial charge in [-0.3, -0.25) is 9.69 Å². The predicted octanol–water partition coefficient (Wildman–Crippen LogP) is 1.36. The van der Waals surface area contributed by atoms with Gasteiger partial charge in [0.05, 0.1) is 0 Å². The summed E-state index contributed by atoms with van der Waals surface area (Å²) < 4.78 is 0. The molecule has 0 spiro atoms. The molecule has 1 saturated carbocycles. The number of hydrogen-bond donors (Lipinski definition) is 1. The van der Waals surface area contributed by atoms with Crippen LogP contribution in [0.1, 0.15) is 19.3 Å². The summed E-state index contributed by atoms with van der Waals surface area (Å²) in [4.78, 5) is 13.0. The monoisotopic (exact) mass is 195 g/mol. The van der Waals surface area contributed by atoms with Crippen molar-refractivity contribution in [3.8, 4) is 0 Å². The minimum absolute atomic E-state index is 0.472. The predicted molar refractivity (Wildman–Crippen MR) is 54.0 cm³/mol. The zero-order valence-electron chi connectivity index (χ0n) is 8.35. The van der Waals surface area contributed by atoms with Gasteiger partial charge in [-0.25, -0.2) is 0 Å². The van der Waals surface area contributed by atoms with E-state index in [1.807, 2.05) is 0 Å². The van der Waals surface area contributed by atoms with Crippen molar-refractivity contribution in [3.05, 3.63) is 12.7 Å². The first kappa shape index (κ1) is 9.71. The lowest BCUT2D eigenvalue weighted by atomic mass is 10.0. The third kappa shape index (κ3) is 1.57. The van der Waals surface area contributed by atoms with Gasteiger partial charge >= 0.3 is 5.97 Å². The molecule has 0 aromatic rings. The van der Waals surface area contributed by atoms with E-state index in [1.165, 1.54) is 19.3 Å². The second-order valence-electron chi connectivity index (χ2n) is 4.42. The highest BCUT2D eigenvalue weighted by Gasteiger charge is 2.39. The maximum absolute atomic E-state index is 10.9. The molecule has 0 aromatic heterocycles. The van der Waals surface area contributed by atoms with E-state index in [9.17, 15) is 4.79 Å². The summed E-state index contributed by atoms with van der Waals surface area (Å²) in [7, 11) is 0. The van der Waals surface area contributed by atoms with Gasteiger partial charge in [-0.2, -0.15) is 0 Å². The lowest BCUT2D eigenvalue weighted by molar-refractivity contribution is -0.141. The van der Waals surface area contributed by atoms with E-state index in [0.29, 0.717) is 0 Å². The molecular formula is C11H17NO2. The molecule has 3 heteroatoms. The Labute approximate surface area is 84.4 Å². The maximum Gasteiger partial charge on any atom is 0.324 e. The van der Waals surface area contributed by atoms with Crippen molar-refractivity contribution in [2.45, 2.75) is 25.3 Å². The van der Waals surface area contributed by atoms with Gasteiger partial charge < -0.3 is 5.11 Å². The van der Waals surface area contributed by atoms with Crippen LogP contribution < -0.4 is 0 Å². The van der Waals surface area contributed by atoms with Crippen molar-refractivity contribution in [1.29, 1.82) is 0 Å². The van der Waals surface area contributed by atoms with Crippen LogP contribution in [0.15, 0.2) is 12.7 Å². The largest absolute Gasteiger partial charge is 0.480 e. The molecule has 1 heterocycles. The number of hydrogen-bond acceptors (Lipinski definition) is 2. The summed E-state index contributed by atoms with van der Waals surface area (Å²) in [5.41, 5.74) is 0. The Kier molecular flexibility index (Phi) is 2.59. The van der Waals surface area contributed by atoms with E-state index in [1.54, 1.807) is 6.08 Å². The first-order valence-electron chi connectivity index (χ1n) is 5.31. The van der Waals surface area contributed by atoms with Gasteiger partial charge in [-0.15, -0.1) is 6.58 Å². The second-order valence-corrected chi connectivity index (χ2v) is 4.42. The fourth-order valence-electron chi connectivity index (χ4n) is 2.90. The lowest BCUT2D eigenvalue weighted by Gasteiger charge is -2.21. The number of carboxylic acid groups (broad SMARTS) is 1. The first-order chi connectivity index (χ1) is 6.72. The van der Waals surface area contributed by atoms with E-state index in [0.717, 1.165) is 24.9 Å². The van der Waals surface area contributed by atoms with E-state index in [2.05, 4.69) is 11.5 Å². The number of fused-ring (bicyclic) bond motifs is 1. The normalized spacial score (nSPS) is 34.0. The molecule has 3 atom stereocenters. The molecule has 3 unspecified atom stereocenters. The third-order valence-electron chi connectivity index (χ3n) is 3.62. The second kappa shape index (κ2) is 3.73. The molecule has 2 fully saturated rings. The molecule has 1 aliphatic carbocycles. The molecule has 1 aliphatic heterocycles. The fourth-order valence-corrected chi connectivity index (χ4v) is 2.90. The molecule has 2 rings (SSSR count). The molecule has 0 radical (unpaired) electrons. The van der Waals surface area contributed by atoms with Crippen molar-refractivity contribution >= 4 is 5.97 Å². The van der Waals surface area contributed by atoms with Crippen LogP contribution >= 0.6 is 0 Å². The summed E-state index contributed by atoms with van der Waals surface area (Å²) in [6.45, 7) is 5.50. The summed E-state index contributed by atoms with van der Waals surface area (Å²) in [5.74, 6) is 0.730. The zero-order valence-corrected chi connectivity index (χ0v) is 8.35. The highest BCUT2D eigenvalue weighted by Crippen LogP contribution is 2.38. The van der Waals surface area contributed by atoms with Crippen LogP contribution in [0.4, 0.5) is 0 Å². The molecule has 0 aromatic carbocycles. The smallest absolute Gasteiger partial charge is 0.324 e. The topological polar surface area (TPSA) is 40.5 Å². The standard InChI is InChI=1S/C11H17NO2/c1-2-10(11(13)14)12-6-8-4-3-5-9(8)7-12/h2,8-10H,1,3-7H2,(H,13,14). The van der Waals surface area contributed by atoms with Gasteiger partial charge in [0, 0.05) is 13.1 Å². The number of rotatable bonds is 3. The summed E-state index contributed by atoms with van der Waals surface area (Å²) >= 11 is 0. The van der Waals surface area contributed by atoms with Crippen LogP contribution in [0.2, 0.25) is 0 Å². The minimum Gasteiger partial charge on any atom is -0.480 e. The molecule has 3 nitrogen and oxygen atoms in total. The van der Waals surface area contributed by atoms with Crippen LogP contribution in [0, 0.1) is 11.8 Å². The average Bonchev–Trinajstić information content (AvgIpc) is 2.63. The molecule has 78 valence electrons. The van der Waals surface area contributed by atoms with Gasteiger partial charge in [0.25, 0.3) is 0 Å². The molecule has 0 bridgehead atoms. The van der Waals surface area contributed by atoms with Crippen molar-refractivity contribution in [2.24, 2.45) is 11.8 Å². The average molecular weight is 195 g/mol. The fraction of sp³-hybridized carbons (Fsp3) is 0.727. The molecule has 1 N–H and O–H groups in total. The maximum atomic E-state index is 10.9. The summed E-state index contributed by atoms with van der Waals surface area (Å²) in [6, 6.07) is -0.472. The van der Waals surface area contributed by atoms with E-state index >= 15 is 0 Å². The number of carbonyl (C=O) groups is 1. The Balaban J connectivity index is 2.00. The van der Waals surface area contributed by atoms with Gasteiger partial charge in [-0.05, 0) is 24.7 Å². The quantitative estimate of drug-likeness (QED) is 0.691. The van der Waals surface area contributed by atoms with Crippen molar-refractivity contribution in [1.82, 2.24) is 4.90 Å². The van der Waals surface area contributed by atoms with Crippen LogP contribution in [0.5, 0.6) is 0 Å². The SMILES string of the molecule is C=CC(C(=O)O)N1CC2CCCC2C1. The Morgan fingerprint density at radius 1 is 1.43 bits per heavy atom.